The molecule has 3 heteroatoms. The molecular formula is C11H15NO2. The van der Waals surface area contributed by atoms with Crippen LogP contribution in [0.15, 0.2) is 0 Å². The zero-order chi connectivity index (χ0) is 10.4. The van der Waals surface area contributed by atoms with Crippen LogP contribution in [0.4, 0.5) is 0 Å². The third-order valence-electron chi connectivity index (χ3n) is 3.85. The summed E-state index contributed by atoms with van der Waals surface area (Å²) in [6, 6.07) is 2.37. The summed E-state index contributed by atoms with van der Waals surface area (Å²) in [6.07, 6.45) is 3.19. The molecule has 1 saturated carbocycles. The molecule has 0 aromatic heterocycles. The monoisotopic (exact) mass is 193 g/mol. The van der Waals surface area contributed by atoms with Crippen molar-refractivity contribution in [2.45, 2.75) is 45.1 Å². The van der Waals surface area contributed by atoms with Crippen molar-refractivity contribution in [3.63, 3.8) is 0 Å². The number of carbonyl (C=O) groups excluding carboxylic acids is 1. The molecular weight excluding hydrogens is 178 g/mol. The largest absolute Gasteiger partial charge is 0.459 e. The number of carbonyl (C=O) groups is 1. The third-order valence-corrected chi connectivity index (χ3v) is 3.85. The second-order valence-corrected chi connectivity index (χ2v) is 4.93. The Kier molecular flexibility index (Phi) is 1.85. The van der Waals surface area contributed by atoms with Crippen molar-refractivity contribution in [2.24, 2.45) is 11.3 Å². The molecule has 1 aliphatic carbocycles. The molecule has 0 radical (unpaired) electrons. The van der Waals surface area contributed by atoms with E-state index in [0.717, 1.165) is 19.3 Å². The van der Waals surface area contributed by atoms with Crippen LogP contribution in [-0.2, 0) is 9.53 Å². The lowest BCUT2D eigenvalue weighted by Crippen LogP contribution is -2.45. The van der Waals surface area contributed by atoms with E-state index in [-0.39, 0.29) is 22.9 Å². The lowest BCUT2D eigenvalue weighted by Gasteiger charge is -2.42. The molecule has 0 amide bonds. The van der Waals surface area contributed by atoms with Gasteiger partial charge in [-0.15, -0.1) is 0 Å². The predicted molar refractivity (Wildman–Crippen MR) is 50.2 cm³/mol. The van der Waals surface area contributed by atoms with E-state index < -0.39 is 0 Å². The van der Waals surface area contributed by atoms with Crippen LogP contribution in [0.1, 0.15) is 39.5 Å². The van der Waals surface area contributed by atoms with Gasteiger partial charge in [0.25, 0.3) is 0 Å². The molecule has 2 aliphatic rings. The minimum atomic E-state index is -0.376. The Hall–Kier alpha value is -1.04. The lowest BCUT2D eigenvalue weighted by molar-refractivity contribution is -0.151. The topological polar surface area (TPSA) is 50.1 Å². The van der Waals surface area contributed by atoms with Gasteiger partial charge in [0.1, 0.15) is 5.60 Å². The SMILES string of the molecule is C[C@]1(C#N)CCC[C@@]2(C)OC(=O)C[C@@H]12. The van der Waals surface area contributed by atoms with Crippen molar-refractivity contribution in [2.75, 3.05) is 0 Å². The van der Waals surface area contributed by atoms with Crippen molar-refractivity contribution >= 4 is 5.97 Å². The predicted octanol–water partition coefficient (Wildman–Crippen LogP) is 2.02. The fourth-order valence-electron chi connectivity index (χ4n) is 2.99. The maximum Gasteiger partial charge on any atom is 0.306 e. The van der Waals surface area contributed by atoms with Crippen LogP contribution in [0, 0.1) is 22.7 Å². The fourth-order valence-corrected chi connectivity index (χ4v) is 2.99. The quantitative estimate of drug-likeness (QED) is 0.553. The van der Waals surface area contributed by atoms with E-state index in [1.54, 1.807) is 0 Å². The number of hydrogen-bond acceptors (Lipinski definition) is 3. The number of fused-ring (bicyclic) bond motifs is 1. The van der Waals surface area contributed by atoms with Crippen LogP contribution in [-0.4, -0.2) is 11.6 Å². The standard InChI is InChI=1S/C11H15NO2/c1-10(7-12)4-3-5-11(2)8(10)6-9(13)14-11/h8H,3-6H2,1-2H3/t8-,10+,11+/m0/s1. The summed E-state index contributed by atoms with van der Waals surface area (Å²) in [5.41, 5.74) is -0.751. The average molecular weight is 193 g/mol. The third kappa shape index (κ3) is 1.13. The van der Waals surface area contributed by atoms with Gasteiger partial charge in [0.05, 0.1) is 17.9 Å². The van der Waals surface area contributed by atoms with Gasteiger partial charge in [-0.1, -0.05) is 0 Å². The summed E-state index contributed by atoms with van der Waals surface area (Å²) >= 11 is 0. The van der Waals surface area contributed by atoms with Gasteiger partial charge < -0.3 is 4.74 Å². The van der Waals surface area contributed by atoms with Crippen molar-refractivity contribution in [3.05, 3.63) is 0 Å². The van der Waals surface area contributed by atoms with Crippen LogP contribution in [0.25, 0.3) is 0 Å². The number of hydrogen-bond donors (Lipinski definition) is 0. The molecule has 0 unspecified atom stereocenters. The van der Waals surface area contributed by atoms with Crippen LogP contribution in [0.3, 0.4) is 0 Å². The van der Waals surface area contributed by atoms with E-state index in [2.05, 4.69) is 6.07 Å². The summed E-state index contributed by atoms with van der Waals surface area (Å²) in [5.74, 6) is -0.0536. The molecule has 0 aromatic rings. The Morgan fingerprint density at radius 2 is 2.21 bits per heavy atom. The zero-order valence-electron chi connectivity index (χ0n) is 8.67. The fraction of sp³-hybridized carbons (Fsp3) is 0.818. The normalized spacial score (nSPS) is 46.6. The molecule has 76 valence electrons. The van der Waals surface area contributed by atoms with Crippen LogP contribution in [0.2, 0.25) is 0 Å². The molecule has 2 rings (SSSR count). The molecule has 3 nitrogen and oxygen atoms in total. The molecule has 0 spiro atoms. The molecule has 0 aromatic carbocycles. The summed E-state index contributed by atoms with van der Waals surface area (Å²) in [7, 11) is 0. The molecule has 0 bridgehead atoms. The highest BCUT2D eigenvalue weighted by Crippen LogP contribution is 2.52. The van der Waals surface area contributed by atoms with Gasteiger partial charge in [0.2, 0.25) is 0 Å². The van der Waals surface area contributed by atoms with Crippen molar-refractivity contribution in [1.29, 1.82) is 5.26 Å². The highest BCUT2D eigenvalue weighted by molar-refractivity contribution is 5.73. The second kappa shape index (κ2) is 2.73. The van der Waals surface area contributed by atoms with E-state index in [1.165, 1.54) is 0 Å². The molecule has 14 heavy (non-hydrogen) atoms. The number of rotatable bonds is 0. The van der Waals surface area contributed by atoms with Crippen molar-refractivity contribution in [3.8, 4) is 6.07 Å². The van der Waals surface area contributed by atoms with E-state index >= 15 is 0 Å². The first-order chi connectivity index (χ1) is 6.50. The van der Waals surface area contributed by atoms with Crippen LogP contribution >= 0.6 is 0 Å². The summed E-state index contributed by atoms with van der Waals surface area (Å²) < 4.78 is 5.36. The summed E-state index contributed by atoms with van der Waals surface area (Å²) in [5, 5.41) is 9.18. The highest BCUT2D eigenvalue weighted by Gasteiger charge is 2.56. The van der Waals surface area contributed by atoms with Gasteiger partial charge in [-0.25, -0.2) is 0 Å². The highest BCUT2D eigenvalue weighted by atomic mass is 16.6. The Balaban J connectivity index is 2.36. The van der Waals surface area contributed by atoms with Gasteiger partial charge in [-0.2, -0.15) is 5.26 Å². The van der Waals surface area contributed by atoms with Gasteiger partial charge >= 0.3 is 5.97 Å². The van der Waals surface area contributed by atoms with Gasteiger partial charge in [0.15, 0.2) is 0 Å². The minimum Gasteiger partial charge on any atom is -0.459 e. The number of ether oxygens (including phenoxy) is 1. The maximum atomic E-state index is 11.3. The molecule has 1 heterocycles. The number of esters is 1. The Morgan fingerprint density at radius 1 is 1.50 bits per heavy atom. The Morgan fingerprint density at radius 3 is 2.86 bits per heavy atom. The van der Waals surface area contributed by atoms with E-state index in [4.69, 9.17) is 4.74 Å². The Labute approximate surface area is 84.0 Å². The smallest absolute Gasteiger partial charge is 0.306 e. The summed E-state index contributed by atoms with van der Waals surface area (Å²) in [6.45, 7) is 3.92. The molecule has 1 aliphatic heterocycles. The number of nitrogens with zero attached hydrogens (tertiary/aromatic N) is 1. The lowest BCUT2D eigenvalue weighted by atomic mass is 9.61. The van der Waals surface area contributed by atoms with Crippen LogP contribution < -0.4 is 0 Å². The van der Waals surface area contributed by atoms with Crippen LogP contribution in [0.5, 0.6) is 0 Å². The van der Waals surface area contributed by atoms with Crippen molar-refractivity contribution in [1.82, 2.24) is 0 Å². The maximum absolute atomic E-state index is 11.3. The first-order valence-corrected chi connectivity index (χ1v) is 5.13. The minimum absolute atomic E-state index is 0.0845. The van der Waals surface area contributed by atoms with Gasteiger partial charge in [-0.05, 0) is 33.1 Å². The summed E-state index contributed by atoms with van der Waals surface area (Å²) in [4.78, 5) is 11.3. The van der Waals surface area contributed by atoms with E-state index in [9.17, 15) is 10.1 Å². The first kappa shape index (κ1) is 9.51. The van der Waals surface area contributed by atoms with Crippen molar-refractivity contribution < 1.29 is 9.53 Å². The molecule has 0 N–H and O–H groups in total. The zero-order valence-corrected chi connectivity index (χ0v) is 8.67. The molecule has 2 fully saturated rings. The van der Waals surface area contributed by atoms with E-state index in [0.29, 0.717) is 6.42 Å². The van der Waals surface area contributed by atoms with Gasteiger partial charge in [0, 0.05) is 5.92 Å². The number of nitriles is 1. The second-order valence-electron chi connectivity index (χ2n) is 4.93. The molecule has 1 saturated heterocycles. The van der Waals surface area contributed by atoms with E-state index in [1.807, 2.05) is 13.8 Å². The first-order valence-electron chi connectivity index (χ1n) is 5.13. The molecule has 3 atom stereocenters. The van der Waals surface area contributed by atoms with Gasteiger partial charge in [-0.3, -0.25) is 4.79 Å². The average Bonchev–Trinajstić information content (AvgIpc) is 2.42. The Bertz CT molecular complexity index is 320.